The minimum absolute atomic E-state index is 0.0155. The second kappa shape index (κ2) is 11.2. The molecule has 0 aromatic heterocycles. The van der Waals surface area contributed by atoms with Crippen molar-refractivity contribution in [1.82, 2.24) is 0 Å². The van der Waals surface area contributed by atoms with E-state index >= 15 is 0 Å². The van der Waals surface area contributed by atoms with Crippen molar-refractivity contribution in [2.24, 2.45) is 5.92 Å². The van der Waals surface area contributed by atoms with Gasteiger partial charge in [0.05, 0.1) is 5.56 Å². The first-order chi connectivity index (χ1) is 20.0. The largest absolute Gasteiger partial charge is 0.508 e. The van der Waals surface area contributed by atoms with E-state index < -0.39 is 29.3 Å². The van der Waals surface area contributed by atoms with Crippen LogP contribution in [-0.4, -0.2) is 41.5 Å². The number of Topliss-reactive ketones (excluding diaryl/α,β-unsaturated/α-hetero) is 1. The first kappa shape index (κ1) is 28.2. The lowest BCUT2D eigenvalue weighted by atomic mass is 9.65. The molecule has 0 saturated heterocycles. The van der Waals surface area contributed by atoms with Crippen LogP contribution in [-0.2, 0) is 0 Å². The van der Waals surface area contributed by atoms with Gasteiger partial charge in [0.25, 0.3) is 0 Å². The predicted molar refractivity (Wildman–Crippen MR) is 158 cm³/mol. The van der Waals surface area contributed by atoms with Gasteiger partial charge in [0, 0.05) is 41.5 Å². The molecule has 8 nitrogen and oxygen atoms in total. The van der Waals surface area contributed by atoms with E-state index in [1.165, 1.54) is 48.5 Å². The molecule has 42 heavy (non-hydrogen) atoms. The number of ketones is 1. The normalized spacial score (nSPS) is 18.6. The second-order valence-electron chi connectivity index (χ2n) is 10.6. The summed E-state index contributed by atoms with van der Waals surface area (Å²) in [5, 5.41) is 71.7. The molecule has 0 aliphatic heterocycles. The van der Waals surface area contributed by atoms with Crippen LogP contribution in [0.15, 0.2) is 84.4 Å². The highest BCUT2D eigenvalue weighted by molar-refractivity contribution is 6.02. The molecule has 5 rings (SSSR count). The van der Waals surface area contributed by atoms with Crippen LogP contribution < -0.4 is 0 Å². The zero-order valence-electron chi connectivity index (χ0n) is 22.6. The number of carbonyl (C=O) groups is 1. The Morgan fingerprint density at radius 2 is 1.29 bits per heavy atom. The van der Waals surface area contributed by atoms with Gasteiger partial charge in [-0.25, -0.2) is 0 Å². The van der Waals surface area contributed by atoms with Crippen LogP contribution >= 0.6 is 0 Å². The molecule has 214 valence electrons. The van der Waals surface area contributed by atoms with Crippen LogP contribution in [0.1, 0.15) is 57.8 Å². The Morgan fingerprint density at radius 1 is 0.643 bits per heavy atom. The predicted octanol–water partition coefficient (Wildman–Crippen LogP) is 6.51. The van der Waals surface area contributed by atoms with E-state index in [9.17, 15) is 40.5 Å². The molecule has 1 aliphatic rings. The SMILES string of the molecule is CC1=C[C@@H](c2cc(/C=C\c3cc(O)cc(O)c3)ccc2O)[C@H](C(=O)c2ccc(O)cc2O)[C@@H](c2ccc(O)cc2O)C1. The smallest absolute Gasteiger partial charge is 0.171 e. The summed E-state index contributed by atoms with van der Waals surface area (Å²) < 4.78 is 0. The first-order valence-corrected chi connectivity index (χ1v) is 13.3. The fourth-order valence-corrected chi connectivity index (χ4v) is 5.74. The van der Waals surface area contributed by atoms with Crippen LogP contribution in [0.25, 0.3) is 12.2 Å². The molecule has 7 N–H and O–H groups in total. The second-order valence-corrected chi connectivity index (χ2v) is 10.6. The number of phenolic OH excluding ortho intramolecular Hbond substituents is 7. The highest BCUT2D eigenvalue weighted by Crippen LogP contribution is 2.51. The molecule has 8 heteroatoms. The molecule has 0 unspecified atom stereocenters. The summed E-state index contributed by atoms with van der Waals surface area (Å²) >= 11 is 0. The maximum atomic E-state index is 14.2. The molecule has 0 spiro atoms. The van der Waals surface area contributed by atoms with E-state index in [0.29, 0.717) is 28.7 Å². The summed E-state index contributed by atoms with van der Waals surface area (Å²) in [4.78, 5) is 14.2. The zero-order chi connectivity index (χ0) is 30.1. The summed E-state index contributed by atoms with van der Waals surface area (Å²) in [6.45, 7) is 1.89. The number of rotatable bonds is 6. The van der Waals surface area contributed by atoms with Crippen LogP contribution in [0.2, 0.25) is 0 Å². The van der Waals surface area contributed by atoms with E-state index in [-0.39, 0.29) is 40.1 Å². The molecule has 0 heterocycles. The van der Waals surface area contributed by atoms with Crippen LogP contribution in [0.5, 0.6) is 40.2 Å². The molecule has 4 aromatic rings. The van der Waals surface area contributed by atoms with Crippen molar-refractivity contribution in [3.63, 3.8) is 0 Å². The number of benzene rings is 4. The molecular weight excluding hydrogens is 536 g/mol. The van der Waals surface area contributed by atoms with Crippen molar-refractivity contribution in [1.29, 1.82) is 0 Å². The highest BCUT2D eigenvalue weighted by atomic mass is 16.3. The minimum Gasteiger partial charge on any atom is -0.508 e. The third-order valence-corrected chi connectivity index (χ3v) is 7.59. The Labute approximate surface area is 242 Å². The Kier molecular flexibility index (Phi) is 7.55. The van der Waals surface area contributed by atoms with Gasteiger partial charge in [-0.05, 0) is 72.5 Å². The lowest BCUT2D eigenvalue weighted by Gasteiger charge is -2.37. The lowest BCUT2D eigenvalue weighted by Crippen LogP contribution is -2.31. The molecule has 0 radical (unpaired) electrons. The van der Waals surface area contributed by atoms with Gasteiger partial charge < -0.3 is 35.7 Å². The number of aromatic hydroxyl groups is 7. The molecule has 0 amide bonds. The molecule has 3 atom stereocenters. The molecule has 0 fully saturated rings. The van der Waals surface area contributed by atoms with Gasteiger partial charge in [0.1, 0.15) is 40.2 Å². The average Bonchev–Trinajstić information content (AvgIpc) is 2.91. The van der Waals surface area contributed by atoms with E-state index in [1.807, 2.05) is 13.0 Å². The quantitative estimate of drug-likeness (QED) is 0.0790. The number of carbonyl (C=O) groups excluding carboxylic acids is 1. The highest BCUT2D eigenvalue weighted by Gasteiger charge is 2.42. The fourth-order valence-electron chi connectivity index (χ4n) is 5.74. The van der Waals surface area contributed by atoms with Crippen molar-refractivity contribution in [2.45, 2.75) is 25.2 Å². The summed E-state index contributed by atoms with van der Waals surface area (Å²) in [7, 11) is 0. The third-order valence-electron chi connectivity index (χ3n) is 7.59. The summed E-state index contributed by atoms with van der Waals surface area (Å²) in [5.41, 5.74) is 2.99. The first-order valence-electron chi connectivity index (χ1n) is 13.3. The Balaban J connectivity index is 1.63. The fraction of sp³-hybridized carbons (Fsp3) is 0.147. The maximum absolute atomic E-state index is 14.2. The Bertz CT molecular complexity index is 1720. The van der Waals surface area contributed by atoms with Crippen molar-refractivity contribution in [3.05, 3.63) is 112 Å². The van der Waals surface area contributed by atoms with Crippen LogP contribution in [0.4, 0.5) is 0 Å². The van der Waals surface area contributed by atoms with Gasteiger partial charge in [0.2, 0.25) is 0 Å². The molecular formula is C34H30O8. The van der Waals surface area contributed by atoms with Gasteiger partial charge in [0.15, 0.2) is 5.78 Å². The zero-order valence-corrected chi connectivity index (χ0v) is 22.6. The summed E-state index contributed by atoms with van der Waals surface area (Å²) in [5.74, 6) is -3.77. The van der Waals surface area contributed by atoms with Crippen LogP contribution in [0, 0.1) is 5.92 Å². The Hall–Kier alpha value is -5.37. The average molecular weight is 567 g/mol. The summed E-state index contributed by atoms with van der Waals surface area (Å²) in [6.07, 6.45) is 5.71. The lowest BCUT2D eigenvalue weighted by molar-refractivity contribution is 0.0877. The van der Waals surface area contributed by atoms with E-state index in [1.54, 1.807) is 30.4 Å². The monoisotopic (exact) mass is 566 g/mol. The number of phenols is 7. The number of hydrogen-bond donors (Lipinski definition) is 7. The number of hydrogen-bond acceptors (Lipinski definition) is 8. The van der Waals surface area contributed by atoms with Gasteiger partial charge in [-0.1, -0.05) is 35.9 Å². The van der Waals surface area contributed by atoms with Gasteiger partial charge >= 0.3 is 0 Å². The number of allylic oxidation sites excluding steroid dienone is 2. The summed E-state index contributed by atoms with van der Waals surface area (Å²) in [6, 6.07) is 17.1. The molecule has 4 aromatic carbocycles. The van der Waals surface area contributed by atoms with Crippen molar-refractivity contribution >= 4 is 17.9 Å². The molecule has 0 saturated carbocycles. The third kappa shape index (κ3) is 5.74. The Morgan fingerprint density at radius 3 is 1.95 bits per heavy atom. The van der Waals surface area contributed by atoms with Gasteiger partial charge in [-0.15, -0.1) is 0 Å². The van der Waals surface area contributed by atoms with Crippen LogP contribution in [0.3, 0.4) is 0 Å². The topological polar surface area (TPSA) is 159 Å². The maximum Gasteiger partial charge on any atom is 0.171 e. The molecule has 0 bridgehead atoms. The van der Waals surface area contributed by atoms with Gasteiger partial charge in [-0.2, -0.15) is 0 Å². The minimum atomic E-state index is -0.896. The van der Waals surface area contributed by atoms with Crippen molar-refractivity contribution in [3.8, 4) is 40.2 Å². The standard InChI is InChI=1S/C34H30O8/c1-18-10-28(25-7-5-21(35)16-31(25)40)33(34(42)26-8-6-22(36)17-32(26)41)29(11-18)27-14-19(4-9-30(27)39)2-3-20-12-23(37)15-24(38)13-20/h2-9,11-17,28-29,33,35-41H,10H2,1H3/b3-2-/t28-,29+,33-/m1/s1. The van der Waals surface area contributed by atoms with E-state index in [4.69, 9.17) is 0 Å². The van der Waals surface area contributed by atoms with Crippen molar-refractivity contribution in [2.75, 3.05) is 0 Å². The molecule has 1 aliphatic carbocycles. The van der Waals surface area contributed by atoms with E-state index in [0.717, 1.165) is 11.6 Å². The van der Waals surface area contributed by atoms with Gasteiger partial charge in [-0.3, -0.25) is 4.79 Å². The van der Waals surface area contributed by atoms with Crippen molar-refractivity contribution < 1.29 is 40.5 Å². The van der Waals surface area contributed by atoms with E-state index in [2.05, 4.69) is 0 Å².